The first-order chi connectivity index (χ1) is 6.45. The van der Waals surface area contributed by atoms with Gasteiger partial charge in [-0.15, -0.1) is 0 Å². The fourth-order valence-electron chi connectivity index (χ4n) is 1.47. The molecule has 0 aromatic carbocycles. The van der Waals surface area contributed by atoms with E-state index in [0.717, 1.165) is 26.3 Å². The fourth-order valence-corrected chi connectivity index (χ4v) is 1.47. The topological polar surface area (TPSA) is 39.7 Å². The second-order valence-electron chi connectivity index (χ2n) is 3.63. The summed E-state index contributed by atoms with van der Waals surface area (Å²) in [6, 6.07) is 0. The van der Waals surface area contributed by atoms with Gasteiger partial charge in [-0.25, -0.2) is 0 Å². The Kier molecular flexibility index (Phi) is 3.55. The molecule has 4 heteroatoms. The van der Waals surface area contributed by atoms with E-state index in [1.807, 2.05) is 0 Å². The Balaban J connectivity index is 1.50. The van der Waals surface area contributed by atoms with E-state index in [1.165, 1.54) is 0 Å². The Morgan fingerprint density at radius 3 is 2.77 bits per heavy atom. The van der Waals surface area contributed by atoms with Gasteiger partial charge >= 0.3 is 0 Å². The third kappa shape index (κ3) is 2.91. The van der Waals surface area contributed by atoms with Gasteiger partial charge in [-0.3, -0.25) is 0 Å². The van der Waals surface area contributed by atoms with Gasteiger partial charge in [-0.05, 0) is 0 Å². The Morgan fingerprint density at radius 1 is 1.23 bits per heavy atom. The van der Waals surface area contributed by atoms with Crippen molar-refractivity contribution in [3.8, 4) is 0 Å². The molecule has 0 radical (unpaired) electrons. The van der Waals surface area contributed by atoms with E-state index in [-0.39, 0.29) is 6.10 Å². The molecule has 0 aromatic rings. The molecule has 13 heavy (non-hydrogen) atoms. The summed E-state index contributed by atoms with van der Waals surface area (Å²) >= 11 is 0. The molecule has 0 saturated carbocycles. The van der Waals surface area contributed by atoms with Crippen molar-refractivity contribution in [3.63, 3.8) is 0 Å². The molecule has 2 saturated heterocycles. The first kappa shape index (κ1) is 9.40. The van der Waals surface area contributed by atoms with E-state index in [0.29, 0.717) is 25.7 Å². The van der Waals surface area contributed by atoms with Gasteiger partial charge in [-0.1, -0.05) is 0 Å². The number of hydrogen-bond donors (Lipinski definition) is 1. The van der Waals surface area contributed by atoms with Crippen molar-refractivity contribution in [2.45, 2.75) is 6.10 Å². The minimum Gasteiger partial charge on any atom is -0.378 e. The Morgan fingerprint density at radius 2 is 2.15 bits per heavy atom. The van der Waals surface area contributed by atoms with Crippen molar-refractivity contribution < 1.29 is 14.2 Å². The van der Waals surface area contributed by atoms with Gasteiger partial charge in [0.1, 0.15) is 6.10 Å². The molecule has 1 atom stereocenters. The van der Waals surface area contributed by atoms with Gasteiger partial charge in [0.15, 0.2) is 0 Å². The van der Waals surface area contributed by atoms with E-state index in [9.17, 15) is 0 Å². The molecule has 0 aromatic heterocycles. The highest BCUT2D eigenvalue weighted by Crippen LogP contribution is 2.05. The maximum absolute atomic E-state index is 5.53. The lowest BCUT2D eigenvalue weighted by molar-refractivity contribution is -0.118. The Labute approximate surface area is 78.5 Å². The lowest BCUT2D eigenvalue weighted by atomic mass is 10.1. The molecular weight excluding hydrogens is 170 g/mol. The maximum Gasteiger partial charge on any atom is 0.104 e. The van der Waals surface area contributed by atoms with Crippen LogP contribution in [0.2, 0.25) is 0 Å². The molecule has 2 fully saturated rings. The SMILES string of the molecule is C1CO[C@@H](COCC2CNC2)CO1. The maximum atomic E-state index is 5.53. The average Bonchev–Trinajstić information content (AvgIpc) is 2.11. The summed E-state index contributed by atoms with van der Waals surface area (Å²) < 4.78 is 16.2. The van der Waals surface area contributed by atoms with Crippen LogP contribution in [0.4, 0.5) is 0 Å². The highest BCUT2D eigenvalue weighted by Gasteiger charge is 2.19. The van der Waals surface area contributed by atoms with Gasteiger partial charge in [-0.2, -0.15) is 0 Å². The zero-order chi connectivity index (χ0) is 8.93. The predicted molar refractivity (Wildman–Crippen MR) is 47.7 cm³/mol. The van der Waals surface area contributed by atoms with E-state index in [4.69, 9.17) is 14.2 Å². The van der Waals surface area contributed by atoms with Gasteiger partial charge in [0, 0.05) is 19.0 Å². The molecule has 2 aliphatic heterocycles. The zero-order valence-electron chi connectivity index (χ0n) is 7.83. The van der Waals surface area contributed by atoms with Crippen molar-refractivity contribution in [1.82, 2.24) is 5.32 Å². The van der Waals surface area contributed by atoms with Crippen molar-refractivity contribution in [2.75, 3.05) is 46.1 Å². The Hall–Kier alpha value is -0.160. The second kappa shape index (κ2) is 4.91. The van der Waals surface area contributed by atoms with Crippen LogP contribution in [-0.2, 0) is 14.2 Å². The molecule has 76 valence electrons. The Bertz CT molecular complexity index is 144. The average molecular weight is 187 g/mol. The third-order valence-corrected chi connectivity index (χ3v) is 2.41. The number of ether oxygens (including phenoxy) is 3. The number of hydrogen-bond acceptors (Lipinski definition) is 4. The molecule has 0 aliphatic carbocycles. The molecule has 1 N–H and O–H groups in total. The van der Waals surface area contributed by atoms with Gasteiger partial charge in [0.2, 0.25) is 0 Å². The fraction of sp³-hybridized carbons (Fsp3) is 1.00. The highest BCUT2D eigenvalue weighted by atomic mass is 16.6. The summed E-state index contributed by atoms with van der Waals surface area (Å²) in [6.07, 6.45) is 0.154. The van der Waals surface area contributed by atoms with Crippen LogP contribution in [0.15, 0.2) is 0 Å². The lowest BCUT2D eigenvalue weighted by Gasteiger charge is -2.28. The first-order valence-electron chi connectivity index (χ1n) is 4.93. The van der Waals surface area contributed by atoms with Crippen LogP contribution < -0.4 is 5.32 Å². The van der Waals surface area contributed by atoms with Crippen LogP contribution in [0.3, 0.4) is 0 Å². The zero-order valence-corrected chi connectivity index (χ0v) is 7.83. The van der Waals surface area contributed by atoms with Crippen LogP contribution in [0.1, 0.15) is 0 Å². The monoisotopic (exact) mass is 187 g/mol. The van der Waals surface area contributed by atoms with Crippen LogP contribution in [0.25, 0.3) is 0 Å². The molecule has 0 amide bonds. The molecule has 2 rings (SSSR count). The highest BCUT2D eigenvalue weighted by molar-refractivity contribution is 4.74. The largest absolute Gasteiger partial charge is 0.378 e. The summed E-state index contributed by atoms with van der Waals surface area (Å²) in [5.74, 6) is 0.713. The lowest BCUT2D eigenvalue weighted by Crippen LogP contribution is -2.45. The summed E-state index contributed by atoms with van der Waals surface area (Å²) in [5.41, 5.74) is 0. The van der Waals surface area contributed by atoms with E-state index < -0.39 is 0 Å². The second-order valence-corrected chi connectivity index (χ2v) is 3.63. The van der Waals surface area contributed by atoms with E-state index >= 15 is 0 Å². The first-order valence-corrected chi connectivity index (χ1v) is 4.93. The van der Waals surface area contributed by atoms with Crippen LogP contribution in [-0.4, -0.2) is 52.2 Å². The number of rotatable bonds is 4. The number of nitrogens with one attached hydrogen (secondary N) is 1. The molecule has 2 aliphatic rings. The van der Waals surface area contributed by atoms with Crippen LogP contribution in [0, 0.1) is 5.92 Å². The minimum atomic E-state index is 0.154. The van der Waals surface area contributed by atoms with Crippen LogP contribution in [0.5, 0.6) is 0 Å². The standard InChI is InChI=1S/C9H17NO3/c1-2-13-9(6-11-1)7-12-5-8-3-10-4-8/h8-10H,1-7H2/t9-/m1/s1. The quantitative estimate of drug-likeness (QED) is 0.652. The van der Waals surface area contributed by atoms with Crippen LogP contribution >= 0.6 is 0 Å². The third-order valence-electron chi connectivity index (χ3n) is 2.41. The predicted octanol–water partition coefficient (Wildman–Crippen LogP) is -0.362. The molecule has 2 heterocycles. The molecule has 0 unspecified atom stereocenters. The minimum absolute atomic E-state index is 0.154. The van der Waals surface area contributed by atoms with Crippen molar-refractivity contribution in [1.29, 1.82) is 0 Å². The van der Waals surface area contributed by atoms with Crippen molar-refractivity contribution in [3.05, 3.63) is 0 Å². The molecule has 0 bridgehead atoms. The summed E-state index contributed by atoms with van der Waals surface area (Å²) in [5, 5.41) is 3.21. The summed E-state index contributed by atoms with van der Waals surface area (Å²) in [4.78, 5) is 0. The normalized spacial score (nSPS) is 30.0. The smallest absolute Gasteiger partial charge is 0.104 e. The van der Waals surface area contributed by atoms with Gasteiger partial charge in [0.25, 0.3) is 0 Å². The van der Waals surface area contributed by atoms with Crippen molar-refractivity contribution >= 4 is 0 Å². The summed E-state index contributed by atoms with van der Waals surface area (Å²) in [7, 11) is 0. The van der Waals surface area contributed by atoms with Gasteiger partial charge < -0.3 is 19.5 Å². The van der Waals surface area contributed by atoms with E-state index in [2.05, 4.69) is 5.32 Å². The van der Waals surface area contributed by atoms with E-state index in [1.54, 1.807) is 0 Å². The molecule has 4 nitrogen and oxygen atoms in total. The van der Waals surface area contributed by atoms with Crippen molar-refractivity contribution in [2.24, 2.45) is 5.92 Å². The van der Waals surface area contributed by atoms with Gasteiger partial charge in [0.05, 0.1) is 33.0 Å². The summed E-state index contributed by atoms with van der Waals surface area (Å²) in [6.45, 7) is 5.85. The molecular formula is C9H17NO3. The molecule has 0 spiro atoms.